The Balaban J connectivity index is 2.53. The van der Waals surface area contributed by atoms with Gasteiger partial charge in [0.1, 0.15) is 5.60 Å². The Morgan fingerprint density at radius 1 is 1.19 bits per heavy atom. The standard InChI is InChI=1S/C14H28OSi/c1-6-8-9-13-14(15-13,10-7-2)11-12-16(3,4)5/h11-13H,6-10H2,1-5H3/b12-11+. The molecule has 1 aliphatic heterocycles. The summed E-state index contributed by atoms with van der Waals surface area (Å²) in [5, 5.41) is 0. The predicted octanol–water partition coefficient (Wildman–Crippen LogP) is 4.55. The Labute approximate surface area is 102 Å². The molecule has 0 spiro atoms. The van der Waals surface area contributed by atoms with Gasteiger partial charge in [-0.15, -0.1) is 0 Å². The highest BCUT2D eigenvalue weighted by Crippen LogP contribution is 2.45. The molecule has 1 heterocycles. The van der Waals surface area contributed by atoms with Crippen molar-refractivity contribution in [3.63, 3.8) is 0 Å². The van der Waals surface area contributed by atoms with E-state index in [1.165, 1.54) is 32.1 Å². The maximum absolute atomic E-state index is 5.98. The van der Waals surface area contributed by atoms with E-state index >= 15 is 0 Å². The van der Waals surface area contributed by atoms with Crippen LogP contribution in [0, 0.1) is 0 Å². The highest BCUT2D eigenvalue weighted by Gasteiger charge is 2.52. The first-order chi connectivity index (χ1) is 7.43. The second-order valence-corrected chi connectivity index (χ2v) is 11.2. The van der Waals surface area contributed by atoms with Gasteiger partial charge in [0.05, 0.1) is 14.2 Å². The Hall–Kier alpha value is -0.0831. The van der Waals surface area contributed by atoms with Crippen LogP contribution in [0.15, 0.2) is 11.8 Å². The van der Waals surface area contributed by atoms with Crippen LogP contribution in [0.4, 0.5) is 0 Å². The Morgan fingerprint density at radius 2 is 1.88 bits per heavy atom. The number of unbranched alkanes of at least 4 members (excludes halogenated alkanes) is 1. The fraction of sp³-hybridized carbons (Fsp3) is 0.857. The maximum Gasteiger partial charge on any atom is 0.112 e. The second-order valence-electron chi connectivity index (χ2n) is 6.15. The predicted molar refractivity (Wildman–Crippen MR) is 74.5 cm³/mol. The third-order valence-electron chi connectivity index (χ3n) is 3.18. The van der Waals surface area contributed by atoms with E-state index in [1.807, 2.05) is 0 Å². The topological polar surface area (TPSA) is 12.5 Å². The van der Waals surface area contributed by atoms with Gasteiger partial charge >= 0.3 is 0 Å². The molecule has 2 heteroatoms. The van der Waals surface area contributed by atoms with E-state index in [1.54, 1.807) is 0 Å². The summed E-state index contributed by atoms with van der Waals surface area (Å²) in [4.78, 5) is 0. The highest BCUT2D eigenvalue weighted by molar-refractivity contribution is 6.80. The fourth-order valence-electron chi connectivity index (χ4n) is 2.16. The smallest absolute Gasteiger partial charge is 0.112 e. The lowest BCUT2D eigenvalue weighted by Crippen LogP contribution is -2.19. The van der Waals surface area contributed by atoms with Crippen LogP contribution in [0.2, 0.25) is 19.6 Å². The fourth-order valence-corrected chi connectivity index (χ4v) is 2.94. The minimum absolute atomic E-state index is 0.129. The van der Waals surface area contributed by atoms with Crippen molar-refractivity contribution >= 4 is 8.07 Å². The van der Waals surface area contributed by atoms with Gasteiger partial charge < -0.3 is 4.74 Å². The summed E-state index contributed by atoms with van der Waals surface area (Å²) in [6, 6.07) is 0. The Kier molecular flexibility index (Phi) is 4.81. The molecule has 1 fully saturated rings. The van der Waals surface area contributed by atoms with E-state index < -0.39 is 8.07 Å². The molecule has 2 atom stereocenters. The monoisotopic (exact) mass is 240 g/mol. The molecular formula is C14H28OSi. The van der Waals surface area contributed by atoms with E-state index in [0.717, 1.165) is 0 Å². The summed E-state index contributed by atoms with van der Waals surface area (Å²) < 4.78 is 5.98. The van der Waals surface area contributed by atoms with Crippen molar-refractivity contribution < 1.29 is 4.74 Å². The van der Waals surface area contributed by atoms with Crippen LogP contribution in [-0.2, 0) is 4.74 Å². The molecule has 0 aliphatic carbocycles. The van der Waals surface area contributed by atoms with Gasteiger partial charge in [0.2, 0.25) is 0 Å². The number of rotatable bonds is 7. The van der Waals surface area contributed by atoms with Crippen molar-refractivity contribution in [1.82, 2.24) is 0 Å². The van der Waals surface area contributed by atoms with Crippen LogP contribution in [0.25, 0.3) is 0 Å². The van der Waals surface area contributed by atoms with Crippen LogP contribution in [-0.4, -0.2) is 19.8 Å². The molecule has 0 N–H and O–H groups in total. The first-order valence-corrected chi connectivity index (χ1v) is 10.4. The zero-order chi connectivity index (χ0) is 12.2. The van der Waals surface area contributed by atoms with Gasteiger partial charge in [-0.1, -0.05) is 64.5 Å². The number of hydrogen-bond acceptors (Lipinski definition) is 1. The summed E-state index contributed by atoms with van der Waals surface area (Å²) in [6.07, 6.45) is 9.15. The maximum atomic E-state index is 5.98. The molecule has 16 heavy (non-hydrogen) atoms. The van der Waals surface area contributed by atoms with E-state index in [9.17, 15) is 0 Å². The van der Waals surface area contributed by atoms with Gasteiger partial charge in [0, 0.05) is 0 Å². The molecule has 2 unspecified atom stereocenters. The summed E-state index contributed by atoms with van der Waals surface area (Å²) >= 11 is 0. The quantitative estimate of drug-likeness (QED) is 0.470. The molecule has 94 valence electrons. The van der Waals surface area contributed by atoms with Gasteiger partial charge in [0.25, 0.3) is 0 Å². The van der Waals surface area contributed by atoms with Crippen molar-refractivity contribution in [2.45, 2.75) is 77.3 Å². The third kappa shape index (κ3) is 4.06. The largest absolute Gasteiger partial charge is 0.362 e. The molecule has 0 amide bonds. The minimum atomic E-state index is -1.08. The highest BCUT2D eigenvalue weighted by atomic mass is 28.3. The van der Waals surface area contributed by atoms with Crippen molar-refractivity contribution in [3.8, 4) is 0 Å². The van der Waals surface area contributed by atoms with E-state index in [0.29, 0.717) is 6.10 Å². The lowest BCUT2D eigenvalue weighted by molar-refractivity contribution is 0.313. The Morgan fingerprint density at radius 3 is 2.38 bits per heavy atom. The number of epoxide rings is 1. The lowest BCUT2D eigenvalue weighted by Gasteiger charge is -2.12. The zero-order valence-corrected chi connectivity index (χ0v) is 12.7. The molecule has 0 radical (unpaired) electrons. The zero-order valence-electron chi connectivity index (χ0n) is 11.7. The van der Waals surface area contributed by atoms with E-state index in [-0.39, 0.29) is 5.60 Å². The van der Waals surface area contributed by atoms with Crippen molar-refractivity contribution in [2.75, 3.05) is 0 Å². The average Bonchev–Trinajstić information content (AvgIpc) is 2.86. The Bertz CT molecular complexity index is 242. The molecule has 1 saturated heterocycles. The van der Waals surface area contributed by atoms with Gasteiger partial charge in [0.15, 0.2) is 0 Å². The first kappa shape index (κ1) is 14.0. The van der Waals surface area contributed by atoms with Crippen molar-refractivity contribution in [1.29, 1.82) is 0 Å². The molecule has 1 nitrogen and oxygen atoms in total. The van der Waals surface area contributed by atoms with Crippen LogP contribution in [0.1, 0.15) is 46.0 Å². The molecule has 0 saturated carbocycles. The van der Waals surface area contributed by atoms with E-state index in [2.05, 4.69) is 45.3 Å². The SMILES string of the molecule is CCCCC1OC1(/C=C/[Si](C)(C)C)CCC. The number of ether oxygens (including phenoxy) is 1. The second kappa shape index (κ2) is 5.50. The minimum Gasteiger partial charge on any atom is -0.362 e. The third-order valence-corrected chi connectivity index (χ3v) is 4.34. The molecule has 0 bridgehead atoms. The molecule has 1 aliphatic rings. The van der Waals surface area contributed by atoms with E-state index in [4.69, 9.17) is 4.74 Å². The van der Waals surface area contributed by atoms with Gasteiger partial charge in [-0.3, -0.25) is 0 Å². The summed E-state index contributed by atoms with van der Waals surface area (Å²) in [7, 11) is -1.08. The molecule has 0 aromatic heterocycles. The van der Waals surface area contributed by atoms with Crippen LogP contribution < -0.4 is 0 Å². The van der Waals surface area contributed by atoms with Gasteiger partial charge in [-0.05, 0) is 12.8 Å². The normalized spacial score (nSPS) is 29.9. The van der Waals surface area contributed by atoms with Crippen LogP contribution >= 0.6 is 0 Å². The molecular weight excluding hydrogens is 212 g/mol. The van der Waals surface area contributed by atoms with Crippen molar-refractivity contribution in [2.24, 2.45) is 0 Å². The average molecular weight is 240 g/mol. The summed E-state index contributed by atoms with van der Waals surface area (Å²) in [5.74, 6) is 0. The summed E-state index contributed by atoms with van der Waals surface area (Å²) in [6.45, 7) is 11.6. The van der Waals surface area contributed by atoms with Crippen molar-refractivity contribution in [3.05, 3.63) is 11.8 Å². The molecule has 0 aromatic rings. The molecule has 1 rings (SSSR count). The van der Waals surface area contributed by atoms with Crippen LogP contribution in [0.5, 0.6) is 0 Å². The van der Waals surface area contributed by atoms with Gasteiger partial charge in [-0.25, -0.2) is 0 Å². The van der Waals surface area contributed by atoms with Crippen LogP contribution in [0.3, 0.4) is 0 Å². The van der Waals surface area contributed by atoms with Gasteiger partial charge in [-0.2, -0.15) is 0 Å². The summed E-state index contributed by atoms with van der Waals surface area (Å²) in [5.41, 5.74) is 2.58. The molecule has 0 aromatic carbocycles. The first-order valence-electron chi connectivity index (χ1n) is 6.82. The lowest BCUT2D eigenvalue weighted by atomic mass is 9.96. The number of hydrogen-bond donors (Lipinski definition) is 0.